The van der Waals surface area contributed by atoms with Crippen molar-refractivity contribution in [3.8, 4) is 5.75 Å². The number of Topliss-reactive ketones (excluding diaryl/α,β-unsaturated/α-hetero) is 1. The highest BCUT2D eigenvalue weighted by molar-refractivity contribution is 14.1. The first-order valence-corrected chi connectivity index (χ1v) is 4.92. The van der Waals surface area contributed by atoms with E-state index in [1.165, 1.54) is 6.07 Å². The van der Waals surface area contributed by atoms with E-state index in [9.17, 15) is 23.1 Å². The minimum Gasteiger partial charge on any atom is -0.507 e. The Morgan fingerprint density at radius 2 is 1.93 bits per heavy atom. The van der Waals surface area contributed by atoms with Gasteiger partial charge in [-0.05, 0) is 41.6 Å². The van der Waals surface area contributed by atoms with Crippen LogP contribution in [0.5, 0.6) is 5.75 Å². The summed E-state index contributed by atoms with van der Waals surface area (Å²) in [5.41, 5.74) is -1.49. The van der Waals surface area contributed by atoms with Crippen LogP contribution in [0.4, 0.5) is 13.2 Å². The van der Waals surface area contributed by atoms with E-state index >= 15 is 0 Å². The van der Waals surface area contributed by atoms with E-state index in [0.29, 0.717) is 0 Å². The van der Waals surface area contributed by atoms with Crippen LogP contribution in [0.1, 0.15) is 22.8 Å². The number of benzene rings is 1. The van der Waals surface area contributed by atoms with Crippen LogP contribution in [0.2, 0.25) is 0 Å². The molecule has 0 aliphatic rings. The number of ketones is 1. The molecule has 0 saturated carbocycles. The molecule has 0 atom stereocenters. The number of hydrogen-bond donors (Lipinski definition) is 1. The summed E-state index contributed by atoms with van der Waals surface area (Å²) in [4.78, 5) is 11.0. The fourth-order valence-corrected chi connectivity index (χ4v) is 1.71. The van der Waals surface area contributed by atoms with Crippen LogP contribution in [-0.4, -0.2) is 10.9 Å². The molecule has 0 bridgehead atoms. The number of alkyl halides is 3. The van der Waals surface area contributed by atoms with Gasteiger partial charge in [-0.2, -0.15) is 13.2 Å². The van der Waals surface area contributed by atoms with Crippen LogP contribution in [0.15, 0.2) is 12.1 Å². The Morgan fingerprint density at radius 1 is 1.40 bits per heavy atom. The van der Waals surface area contributed by atoms with E-state index in [1.54, 1.807) is 22.6 Å². The van der Waals surface area contributed by atoms with Crippen molar-refractivity contribution in [2.75, 3.05) is 0 Å². The number of carbonyl (C=O) groups is 1. The monoisotopic (exact) mass is 330 g/mol. The average Bonchev–Trinajstić information content (AvgIpc) is 2.06. The maximum atomic E-state index is 12.4. The summed E-state index contributed by atoms with van der Waals surface area (Å²) in [7, 11) is 0. The molecule has 0 saturated heterocycles. The number of halogens is 4. The molecular formula is C9H6F3IO2. The largest absolute Gasteiger partial charge is 0.507 e. The molecule has 82 valence electrons. The van der Waals surface area contributed by atoms with E-state index in [2.05, 4.69) is 0 Å². The first kappa shape index (κ1) is 12.3. The second-order valence-electron chi connectivity index (χ2n) is 2.90. The molecule has 0 heterocycles. The van der Waals surface area contributed by atoms with E-state index < -0.39 is 23.3 Å². The van der Waals surface area contributed by atoms with Gasteiger partial charge in [-0.25, -0.2) is 0 Å². The molecule has 1 aromatic rings. The van der Waals surface area contributed by atoms with E-state index in [4.69, 9.17) is 0 Å². The zero-order valence-electron chi connectivity index (χ0n) is 7.52. The van der Waals surface area contributed by atoms with Gasteiger partial charge in [0, 0.05) is 3.57 Å². The highest BCUT2D eigenvalue weighted by atomic mass is 127. The molecule has 15 heavy (non-hydrogen) atoms. The number of carbonyl (C=O) groups excluding carboxylic acids is 1. The lowest BCUT2D eigenvalue weighted by Gasteiger charge is -2.11. The molecule has 1 rings (SSSR count). The molecule has 0 aliphatic carbocycles. The highest BCUT2D eigenvalue weighted by Gasteiger charge is 2.35. The molecule has 0 aromatic heterocycles. The third kappa shape index (κ3) is 2.61. The van der Waals surface area contributed by atoms with Crippen molar-refractivity contribution < 1.29 is 23.1 Å². The fraction of sp³-hybridized carbons (Fsp3) is 0.222. The second kappa shape index (κ2) is 3.99. The smallest absolute Gasteiger partial charge is 0.420 e. The highest BCUT2D eigenvalue weighted by Crippen LogP contribution is 2.38. The topological polar surface area (TPSA) is 37.3 Å². The Bertz CT molecular complexity index is 413. The van der Waals surface area contributed by atoms with Crippen LogP contribution in [-0.2, 0) is 6.18 Å². The summed E-state index contributed by atoms with van der Waals surface area (Å²) in [6.07, 6.45) is -4.66. The maximum absolute atomic E-state index is 12.4. The van der Waals surface area contributed by atoms with Crippen molar-refractivity contribution in [3.05, 3.63) is 26.8 Å². The van der Waals surface area contributed by atoms with Crippen molar-refractivity contribution in [2.24, 2.45) is 0 Å². The molecular weight excluding hydrogens is 324 g/mol. The SMILES string of the molecule is CC(=O)c1cc(I)cc(C(F)(F)F)c1O. The first-order chi connectivity index (χ1) is 6.73. The van der Waals surface area contributed by atoms with Crippen molar-refractivity contribution >= 4 is 28.4 Å². The lowest BCUT2D eigenvalue weighted by molar-refractivity contribution is -0.138. The number of rotatable bonds is 1. The zero-order valence-corrected chi connectivity index (χ0v) is 9.68. The predicted molar refractivity (Wildman–Crippen MR) is 55.8 cm³/mol. The Labute approximate surface area is 97.2 Å². The van der Waals surface area contributed by atoms with Gasteiger partial charge in [-0.3, -0.25) is 4.79 Å². The van der Waals surface area contributed by atoms with E-state index in [1.807, 2.05) is 0 Å². The van der Waals surface area contributed by atoms with Crippen LogP contribution >= 0.6 is 22.6 Å². The minimum absolute atomic E-state index is 0.253. The zero-order chi connectivity index (χ0) is 11.8. The second-order valence-corrected chi connectivity index (χ2v) is 4.15. The number of phenolic OH excluding ortho intramolecular Hbond substituents is 1. The van der Waals surface area contributed by atoms with Crippen molar-refractivity contribution in [2.45, 2.75) is 13.1 Å². The molecule has 0 aliphatic heterocycles. The van der Waals surface area contributed by atoms with Gasteiger partial charge in [0.2, 0.25) is 0 Å². The van der Waals surface area contributed by atoms with Gasteiger partial charge < -0.3 is 5.11 Å². The van der Waals surface area contributed by atoms with Crippen LogP contribution in [0.3, 0.4) is 0 Å². The van der Waals surface area contributed by atoms with Crippen LogP contribution < -0.4 is 0 Å². The van der Waals surface area contributed by atoms with Gasteiger partial charge in [0.05, 0.1) is 11.1 Å². The third-order valence-electron chi connectivity index (χ3n) is 1.76. The van der Waals surface area contributed by atoms with Gasteiger partial charge in [0.15, 0.2) is 5.78 Å². The molecule has 2 nitrogen and oxygen atoms in total. The molecule has 6 heteroatoms. The van der Waals surface area contributed by atoms with Crippen LogP contribution in [0, 0.1) is 3.57 Å². The summed E-state index contributed by atoms with van der Waals surface area (Å²) >= 11 is 1.66. The summed E-state index contributed by atoms with van der Waals surface area (Å²) in [5.74, 6) is -1.60. The predicted octanol–water partition coefficient (Wildman–Crippen LogP) is 3.22. The minimum atomic E-state index is -4.66. The van der Waals surface area contributed by atoms with Crippen molar-refractivity contribution in [3.63, 3.8) is 0 Å². The number of phenols is 1. The Hall–Kier alpha value is -0.790. The lowest BCUT2D eigenvalue weighted by Crippen LogP contribution is -2.08. The van der Waals surface area contributed by atoms with Gasteiger partial charge in [-0.1, -0.05) is 0 Å². The summed E-state index contributed by atoms with van der Waals surface area (Å²) in [6, 6.07) is 2.01. The number of aromatic hydroxyl groups is 1. The van der Waals surface area contributed by atoms with E-state index in [0.717, 1.165) is 13.0 Å². The standard InChI is InChI=1S/C9H6F3IO2/c1-4(14)6-2-5(13)3-7(8(6)15)9(10,11)12/h2-3,15H,1H3. The molecule has 1 N–H and O–H groups in total. The third-order valence-corrected chi connectivity index (χ3v) is 2.38. The van der Waals surface area contributed by atoms with Gasteiger partial charge >= 0.3 is 6.18 Å². The molecule has 0 unspecified atom stereocenters. The van der Waals surface area contributed by atoms with Crippen molar-refractivity contribution in [1.29, 1.82) is 0 Å². The Balaban J connectivity index is 3.49. The quantitative estimate of drug-likeness (QED) is 0.634. The van der Waals surface area contributed by atoms with E-state index in [-0.39, 0.29) is 9.13 Å². The summed E-state index contributed by atoms with van der Waals surface area (Å²) < 4.78 is 37.4. The normalized spacial score (nSPS) is 11.5. The molecule has 0 fully saturated rings. The first-order valence-electron chi connectivity index (χ1n) is 3.84. The number of hydrogen-bond acceptors (Lipinski definition) is 2. The van der Waals surface area contributed by atoms with Crippen molar-refractivity contribution in [1.82, 2.24) is 0 Å². The molecule has 0 spiro atoms. The van der Waals surface area contributed by atoms with Gasteiger partial charge in [-0.15, -0.1) is 0 Å². The van der Waals surface area contributed by atoms with Crippen LogP contribution in [0.25, 0.3) is 0 Å². The molecule has 1 aromatic carbocycles. The lowest BCUT2D eigenvalue weighted by atomic mass is 10.1. The summed E-state index contributed by atoms with van der Waals surface area (Å²) in [5, 5.41) is 9.28. The maximum Gasteiger partial charge on any atom is 0.420 e. The summed E-state index contributed by atoms with van der Waals surface area (Å²) in [6.45, 7) is 1.10. The van der Waals surface area contributed by atoms with Gasteiger partial charge in [0.25, 0.3) is 0 Å². The van der Waals surface area contributed by atoms with Gasteiger partial charge in [0.1, 0.15) is 5.75 Å². The average molecular weight is 330 g/mol. The Morgan fingerprint density at radius 3 is 2.33 bits per heavy atom. The Kier molecular flexibility index (Phi) is 3.27. The molecule has 0 radical (unpaired) electrons. The molecule has 0 amide bonds. The fourth-order valence-electron chi connectivity index (χ4n) is 1.08.